The zero-order valence-electron chi connectivity index (χ0n) is 13.1. The highest BCUT2D eigenvalue weighted by molar-refractivity contribution is 5.48. The van der Waals surface area contributed by atoms with Crippen molar-refractivity contribution < 1.29 is 9.47 Å². The normalized spacial score (nSPS) is 19.1. The van der Waals surface area contributed by atoms with E-state index in [0.717, 1.165) is 36.8 Å². The third-order valence-corrected chi connectivity index (χ3v) is 3.49. The maximum Gasteiger partial charge on any atom is 0.221 e. The summed E-state index contributed by atoms with van der Waals surface area (Å²) in [4.78, 5) is 9.17. The molecule has 1 aliphatic rings. The lowest BCUT2D eigenvalue weighted by molar-refractivity contribution is 0.165. The number of hydrogen-bond acceptors (Lipinski definition) is 5. The first kappa shape index (κ1) is 15.0. The molecule has 1 saturated heterocycles. The molecule has 0 aromatic carbocycles. The molecule has 0 bridgehead atoms. The smallest absolute Gasteiger partial charge is 0.221 e. The van der Waals surface area contributed by atoms with Gasteiger partial charge in [-0.25, -0.2) is 4.98 Å². The summed E-state index contributed by atoms with van der Waals surface area (Å²) >= 11 is 0. The summed E-state index contributed by atoms with van der Waals surface area (Å²) in [6.07, 6.45) is 1.06. The number of rotatable bonds is 4. The van der Waals surface area contributed by atoms with Crippen molar-refractivity contribution in [2.75, 3.05) is 32.2 Å². The Labute approximate surface area is 121 Å². The lowest BCUT2D eigenvalue weighted by atomic mass is 9.95. The molecule has 5 heteroatoms. The minimum absolute atomic E-state index is 0.103. The molecule has 1 N–H and O–H groups in total. The lowest BCUT2D eigenvalue weighted by Crippen LogP contribution is -2.20. The van der Waals surface area contributed by atoms with E-state index in [1.54, 1.807) is 0 Å². The maximum absolute atomic E-state index is 5.93. The summed E-state index contributed by atoms with van der Waals surface area (Å²) in [5.74, 6) is 2.79. The molecule has 5 nitrogen and oxygen atoms in total. The Balaban J connectivity index is 2.21. The molecular formula is C15H25N3O2. The van der Waals surface area contributed by atoms with Crippen molar-refractivity contribution in [1.29, 1.82) is 0 Å². The largest absolute Gasteiger partial charge is 0.477 e. The third-order valence-electron chi connectivity index (χ3n) is 3.49. The summed E-state index contributed by atoms with van der Waals surface area (Å²) in [5, 5.41) is 3.12. The molecule has 0 aliphatic carbocycles. The molecular weight excluding hydrogens is 254 g/mol. The number of hydrogen-bond donors (Lipinski definition) is 1. The molecule has 0 spiro atoms. The quantitative estimate of drug-likeness (QED) is 0.918. The molecule has 1 fully saturated rings. The van der Waals surface area contributed by atoms with Crippen LogP contribution in [-0.2, 0) is 10.2 Å². The van der Waals surface area contributed by atoms with E-state index in [9.17, 15) is 0 Å². The minimum Gasteiger partial charge on any atom is -0.477 e. The van der Waals surface area contributed by atoms with Crippen LogP contribution in [0.5, 0.6) is 5.88 Å². The van der Waals surface area contributed by atoms with Crippen molar-refractivity contribution >= 4 is 5.82 Å². The first-order valence-corrected chi connectivity index (χ1v) is 7.19. The zero-order valence-corrected chi connectivity index (χ0v) is 13.1. The molecule has 0 amide bonds. The highest BCUT2D eigenvalue weighted by Gasteiger charge is 2.23. The first-order chi connectivity index (χ1) is 9.41. The lowest BCUT2D eigenvalue weighted by Gasteiger charge is -2.20. The molecule has 1 unspecified atom stereocenters. The average molecular weight is 279 g/mol. The molecule has 1 aliphatic heterocycles. The van der Waals surface area contributed by atoms with Gasteiger partial charge in [0.25, 0.3) is 0 Å². The van der Waals surface area contributed by atoms with Crippen LogP contribution >= 0.6 is 0 Å². The van der Waals surface area contributed by atoms with E-state index < -0.39 is 0 Å². The molecule has 20 heavy (non-hydrogen) atoms. The Kier molecular flexibility index (Phi) is 4.48. The standard InChI is InChI=1S/C15H25N3O2/c1-10-12(16-5)17-14(15(2,3)4)18-13(10)20-9-11-6-7-19-8-11/h11H,6-9H2,1-5H3,(H,16,17,18). The predicted octanol–water partition coefficient (Wildman–Crippen LogP) is 2.54. The van der Waals surface area contributed by atoms with Gasteiger partial charge >= 0.3 is 0 Å². The topological polar surface area (TPSA) is 56.3 Å². The van der Waals surface area contributed by atoms with Crippen LogP contribution in [0, 0.1) is 12.8 Å². The van der Waals surface area contributed by atoms with Crippen LogP contribution in [-0.4, -0.2) is 36.8 Å². The number of nitrogens with one attached hydrogen (secondary N) is 1. The SMILES string of the molecule is CNc1nc(C(C)(C)C)nc(OCC2CCOC2)c1C. The first-order valence-electron chi connectivity index (χ1n) is 7.19. The van der Waals surface area contributed by atoms with Crippen LogP contribution in [0.15, 0.2) is 0 Å². The molecule has 2 heterocycles. The van der Waals surface area contributed by atoms with E-state index in [1.165, 1.54) is 0 Å². The maximum atomic E-state index is 5.93. The van der Waals surface area contributed by atoms with Gasteiger partial charge in [0.2, 0.25) is 5.88 Å². The zero-order chi connectivity index (χ0) is 14.8. The molecule has 1 aromatic rings. The van der Waals surface area contributed by atoms with Gasteiger partial charge in [0.1, 0.15) is 11.6 Å². The van der Waals surface area contributed by atoms with E-state index in [0.29, 0.717) is 18.4 Å². The second-order valence-electron chi connectivity index (χ2n) is 6.37. The fourth-order valence-corrected chi connectivity index (χ4v) is 2.13. The van der Waals surface area contributed by atoms with Gasteiger partial charge in [0, 0.05) is 25.0 Å². The number of anilines is 1. The Bertz CT molecular complexity index is 463. The monoisotopic (exact) mass is 279 g/mol. The number of aromatic nitrogens is 2. The number of nitrogens with zero attached hydrogens (tertiary/aromatic N) is 2. The number of ether oxygens (including phenoxy) is 2. The van der Waals surface area contributed by atoms with Crippen LogP contribution in [0.1, 0.15) is 38.6 Å². The Morgan fingerprint density at radius 3 is 2.65 bits per heavy atom. The van der Waals surface area contributed by atoms with Crippen molar-refractivity contribution in [3.63, 3.8) is 0 Å². The molecule has 112 valence electrons. The highest BCUT2D eigenvalue weighted by Crippen LogP contribution is 2.28. The van der Waals surface area contributed by atoms with Gasteiger partial charge in [-0.2, -0.15) is 4.98 Å². The van der Waals surface area contributed by atoms with Gasteiger partial charge in [0.05, 0.1) is 18.8 Å². The van der Waals surface area contributed by atoms with Crippen LogP contribution < -0.4 is 10.1 Å². The summed E-state index contributed by atoms with van der Waals surface area (Å²) in [7, 11) is 1.87. The van der Waals surface area contributed by atoms with Crippen molar-refractivity contribution in [3.05, 3.63) is 11.4 Å². The van der Waals surface area contributed by atoms with E-state index in [-0.39, 0.29) is 5.41 Å². The average Bonchev–Trinajstić information content (AvgIpc) is 2.89. The van der Waals surface area contributed by atoms with E-state index in [4.69, 9.17) is 9.47 Å². The highest BCUT2D eigenvalue weighted by atomic mass is 16.5. The molecule has 2 rings (SSSR count). The van der Waals surface area contributed by atoms with Crippen LogP contribution in [0.2, 0.25) is 0 Å². The predicted molar refractivity (Wildman–Crippen MR) is 79.4 cm³/mol. The molecule has 0 radical (unpaired) electrons. The van der Waals surface area contributed by atoms with E-state index in [2.05, 4.69) is 36.1 Å². The molecule has 1 aromatic heterocycles. The van der Waals surface area contributed by atoms with Gasteiger partial charge in [-0.3, -0.25) is 0 Å². The van der Waals surface area contributed by atoms with Crippen molar-refractivity contribution in [1.82, 2.24) is 9.97 Å². The van der Waals surface area contributed by atoms with Gasteiger partial charge in [-0.15, -0.1) is 0 Å². The third kappa shape index (κ3) is 3.39. The van der Waals surface area contributed by atoms with Gasteiger partial charge in [-0.1, -0.05) is 20.8 Å². The van der Waals surface area contributed by atoms with Gasteiger partial charge in [-0.05, 0) is 13.3 Å². The summed E-state index contributed by atoms with van der Waals surface area (Å²) < 4.78 is 11.3. The van der Waals surface area contributed by atoms with Crippen LogP contribution in [0.25, 0.3) is 0 Å². The van der Waals surface area contributed by atoms with Crippen LogP contribution in [0.3, 0.4) is 0 Å². The summed E-state index contributed by atoms with van der Waals surface area (Å²) in [6, 6.07) is 0. The summed E-state index contributed by atoms with van der Waals surface area (Å²) in [6.45, 7) is 10.6. The van der Waals surface area contributed by atoms with Crippen molar-refractivity contribution in [3.8, 4) is 5.88 Å². The van der Waals surface area contributed by atoms with Crippen molar-refractivity contribution in [2.45, 2.75) is 39.5 Å². The fraction of sp³-hybridized carbons (Fsp3) is 0.733. The Hall–Kier alpha value is -1.36. The Morgan fingerprint density at radius 1 is 1.35 bits per heavy atom. The van der Waals surface area contributed by atoms with Crippen molar-refractivity contribution in [2.24, 2.45) is 5.92 Å². The van der Waals surface area contributed by atoms with Crippen LogP contribution in [0.4, 0.5) is 5.82 Å². The van der Waals surface area contributed by atoms with Gasteiger partial charge < -0.3 is 14.8 Å². The van der Waals surface area contributed by atoms with Gasteiger partial charge in [0.15, 0.2) is 0 Å². The van der Waals surface area contributed by atoms with E-state index >= 15 is 0 Å². The second-order valence-corrected chi connectivity index (χ2v) is 6.37. The Morgan fingerprint density at radius 2 is 2.10 bits per heavy atom. The summed E-state index contributed by atoms with van der Waals surface area (Å²) in [5.41, 5.74) is 0.854. The van der Waals surface area contributed by atoms with E-state index in [1.807, 2.05) is 14.0 Å². The second kappa shape index (κ2) is 5.95. The fourth-order valence-electron chi connectivity index (χ4n) is 2.13. The molecule has 0 saturated carbocycles. The minimum atomic E-state index is -0.103. The molecule has 1 atom stereocenters.